The van der Waals surface area contributed by atoms with Crippen molar-refractivity contribution in [2.75, 3.05) is 20.7 Å². The second-order valence-corrected chi connectivity index (χ2v) is 5.23. The molecular formula is C16H27ClN2O2. The van der Waals surface area contributed by atoms with E-state index in [0.29, 0.717) is 6.54 Å². The van der Waals surface area contributed by atoms with Gasteiger partial charge in [-0.05, 0) is 24.0 Å². The molecule has 0 bridgehead atoms. The van der Waals surface area contributed by atoms with Gasteiger partial charge >= 0.3 is 0 Å². The summed E-state index contributed by atoms with van der Waals surface area (Å²) in [6.07, 6.45) is 1.67. The molecule has 1 aromatic carbocycles. The Hall–Kier alpha value is -1.26. The highest BCUT2D eigenvalue weighted by Crippen LogP contribution is 2.18. The predicted octanol–water partition coefficient (Wildman–Crippen LogP) is 2.49. The molecule has 1 amide bonds. The van der Waals surface area contributed by atoms with E-state index in [1.54, 1.807) is 19.1 Å². The minimum atomic E-state index is -0.414. The monoisotopic (exact) mass is 314 g/mol. The lowest BCUT2D eigenvalue weighted by atomic mass is 9.99. The smallest absolute Gasteiger partial charge is 0.239 e. The molecule has 0 radical (unpaired) electrons. The fourth-order valence-corrected chi connectivity index (χ4v) is 2.06. The number of halogens is 1. The Morgan fingerprint density at radius 1 is 1.38 bits per heavy atom. The third kappa shape index (κ3) is 5.56. The van der Waals surface area contributed by atoms with Gasteiger partial charge < -0.3 is 15.4 Å². The Kier molecular flexibility index (Phi) is 9.06. The summed E-state index contributed by atoms with van der Waals surface area (Å²) < 4.78 is 5.31. The highest BCUT2D eigenvalue weighted by molar-refractivity contribution is 5.85. The summed E-state index contributed by atoms with van der Waals surface area (Å²) in [5.41, 5.74) is 7.08. The molecule has 2 unspecified atom stereocenters. The Labute approximate surface area is 134 Å². The van der Waals surface area contributed by atoms with Crippen LogP contribution in [0.2, 0.25) is 0 Å². The molecule has 2 atom stereocenters. The summed E-state index contributed by atoms with van der Waals surface area (Å²) in [5.74, 6) is 1.07. The van der Waals surface area contributed by atoms with E-state index in [1.165, 1.54) is 0 Å². The number of ether oxygens (including phenoxy) is 1. The molecule has 0 aliphatic rings. The second-order valence-electron chi connectivity index (χ2n) is 5.23. The van der Waals surface area contributed by atoms with Crippen LogP contribution in [0.1, 0.15) is 25.8 Å². The molecule has 0 saturated carbocycles. The van der Waals surface area contributed by atoms with Crippen molar-refractivity contribution in [3.63, 3.8) is 0 Å². The standard InChI is InChI=1S/C16H26N2O2.ClH/c1-5-12(2)15(17)16(19)18(3)11-10-13-8-6-7-9-14(13)20-4;/h6-9,12,15H,5,10-11,17H2,1-4H3;1H. The third-order valence-electron chi connectivity index (χ3n) is 3.83. The summed E-state index contributed by atoms with van der Waals surface area (Å²) in [6.45, 7) is 4.70. The van der Waals surface area contributed by atoms with E-state index in [0.717, 1.165) is 24.2 Å². The number of rotatable bonds is 7. The summed E-state index contributed by atoms with van der Waals surface area (Å²) in [7, 11) is 3.46. The molecule has 120 valence electrons. The van der Waals surface area contributed by atoms with Gasteiger partial charge in [0.15, 0.2) is 0 Å². The minimum absolute atomic E-state index is 0. The van der Waals surface area contributed by atoms with Gasteiger partial charge in [0.2, 0.25) is 5.91 Å². The Morgan fingerprint density at radius 2 is 2.00 bits per heavy atom. The largest absolute Gasteiger partial charge is 0.496 e. The van der Waals surface area contributed by atoms with Gasteiger partial charge in [-0.15, -0.1) is 12.4 Å². The molecule has 0 spiro atoms. The van der Waals surface area contributed by atoms with Crippen LogP contribution < -0.4 is 10.5 Å². The lowest BCUT2D eigenvalue weighted by Gasteiger charge is -2.24. The highest BCUT2D eigenvalue weighted by Gasteiger charge is 2.22. The quantitative estimate of drug-likeness (QED) is 0.841. The highest BCUT2D eigenvalue weighted by atomic mass is 35.5. The third-order valence-corrected chi connectivity index (χ3v) is 3.83. The maximum atomic E-state index is 12.2. The van der Waals surface area contributed by atoms with Gasteiger partial charge in [-0.1, -0.05) is 38.5 Å². The van der Waals surface area contributed by atoms with Gasteiger partial charge in [-0.3, -0.25) is 4.79 Å². The average Bonchev–Trinajstić information content (AvgIpc) is 2.50. The van der Waals surface area contributed by atoms with Gasteiger partial charge in [0, 0.05) is 13.6 Å². The zero-order valence-corrected chi connectivity index (χ0v) is 14.2. The van der Waals surface area contributed by atoms with Crippen molar-refractivity contribution in [1.82, 2.24) is 4.90 Å². The molecule has 21 heavy (non-hydrogen) atoms. The van der Waals surface area contributed by atoms with Crippen LogP contribution in [-0.2, 0) is 11.2 Å². The molecule has 0 aliphatic heterocycles. The van der Waals surface area contributed by atoms with Crippen LogP contribution in [-0.4, -0.2) is 37.6 Å². The number of carbonyl (C=O) groups excluding carboxylic acids is 1. The number of amides is 1. The Balaban J connectivity index is 0.00000400. The predicted molar refractivity (Wildman–Crippen MR) is 89.0 cm³/mol. The average molecular weight is 315 g/mol. The zero-order valence-electron chi connectivity index (χ0n) is 13.3. The van der Waals surface area contributed by atoms with Gasteiger partial charge in [-0.2, -0.15) is 0 Å². The number of para-hydroxylation sites is 1. The summed E-state index contributed by atoms with van der Waals surface area (Å²) >= 11 is 0. The van der Waals surface area contributed by atoms with E-state index in [9.17, 15) is 4.79 Å². The van der Waals surface area contributed by atoms with E-state index in [-0.39, 0.29) is 24.2 Å². The number of hydrogen-bond acceptors (Lipinski definition) is 3. The lowest BCUT2D eigenvalue weighted by molar-refractivity contribution is -0.132. The van der Waals surface area contributed by atoms with E-state index >= 15 is 0 Å². The van der Waals surface area contributed by atoms with E-state index in [2.05, 4.69) is 0 Å². The molecular weight excluding hydrogens is 288 g/mol. The van der Waals surface area contributed by atoms with Crippen LogP contribution in [0.4, 0.5) is 0 Å². The number of nitrogens with zero attached hydrogens (tertiary/aromatic N) is 1. The molecule has 4 nitrogen and oxygen atoms in total. The van der Waals surface area contributed by atoms with Crippen molar-refractivity contribution in [3.8, 4) is 5.75 Å². The van der Waals surface area contributed by atoms with Crippen LogP contribution in [0, 0.1) is 5.92 Å². The molecule has 1 rings (SSSR count). The maximum Gasteiger partial charge on any atom is 0.239 e. The fraction of sp³-hybridized carbons (Fsp3) is 0.562. The van der Waals surface area contributed by atoms with Crippen molar-refractivity contribution in [1.29, 1.82) is 0 Å². The SMILES string of the molecule is CCC(C)C(N)C(=O)N(C)CCc1ccccc1OC.Cl. The summed E-state index contributed by atoms with van der Waals surface area (Å²) in [4.78, 5) is 13.9. The number of nitrogens with two attached hydrogens (primary N) is 1. The number of benzene rings is 1. The van der Waals surface area contributed by atoms with Crippen LogP contribution in [0.15, 0.2) is 24.3 Å². The Morgan fingerprint density at radius 3 is 2.57 bits per heavy atom. The minimum Gasteiger partial charge on any atom is -0.496 e. The fourth-order valence-electron chi connectivity index (χ4n) is 2.06. The number of likely N-dealkylation sites (N-methyl/N-ethyl adjacent to an activating group) is 1. The van der Waals surface area contributed by atoms with Crippen molar-refractivity contribution in [3.05, 3.63) is 29.8 Å². The molecule has 1 aromatic rings. The number of hydrogen-bond donors (Lipinski definition) is 1. The first-order valence-electron chi connectivity index (χ1n) is 7.13. The van der Waals surface area contributed by atoms with Gasteiger partial charge in [0.05, 0.1) is 13.2 Å². The van der Waals surface area contributed by atoms with E-state index in [1.807, 2.05) is 38.1 Å². The second kappa shape index (κ2) is 9.64. The molecule has 0 saturated heterocycles. The molecule has 2 N–H and O–H groups in total. The first kappa shape index (κ1) is 19.7. The van der Waals surface area contributed by atoms with Crippen molar-refractivity contribution in [2.24, 2.45) is 11.7 Å². The van der Waals surface area contributed by atoms with Gasteiger partial charge in [0.1, 0.15) is 5.75 Å². The van der Waals surface area contributed by atoms with E-state index in [4.69, 9.17) is 10.5 Å². The molecule has 0 fully saturated rings. The normalized spacial score (nSPS) is 13.0. The lowest BCUT2D eigenvalue weighted by Crippen LogP contribution is -2.46. The van der Waals surface area contributed by atoms with Crippen molar-refractivity contribution in [2.45, 2.75) is 32.7 Å². The van der Waals surface area contributed by atoms with E-state index < -0.39 is 6.04 Å². The first-order valence-corrected chi connectivity index (χ1v) is 7.13. The Bertz CT molecular complexity index is 440. The topological polar surface area (TPSA) is 55.6 Å². The molecule has 0 aliphatic carbocycles. The van der Waals surface area contributed by atoms with Crippen molar-refractivity contribution < 1.29 is 9.53 Å². The summed E-state index contributed by atoms with van der Waals surface area (Å²) in [5, 5.41) is 0. The van der Waals surface area contributed by atoms with Crippen LogP contribution >= 0.6 is 12.4 Å². The first-order chi connectivity index (χ1) is 9.51. The number of carbonyl (C=O) groups is 1. The summed E-state index contributed by atoms with van der Waals surface area (Å²) in [6, 6.07) is 7.46. The van der Waals surface area contributed by atoms with Crippen LogP contribution in [0.5, 0.6) is 5.75 Å². The van der Waals surface area contributed by atoms with Crippen molar-refractivity contribution >= 4 is 18.3 Å². The number of methoxy groups -OCH3 is 1. The van der Waals surface area contributed by atoms with Crippen LogP contribution in [0.25, 0.3) is 0 Å². The molecule has 0 heterocycles. The van der Waals surface area contributed by atoms with Gasteiger partial charge in [0.25, 0.3) is 0 Å². The van der Waals surface area contributed by atoms with Crippen LogP contribution in [0.3, 0.4) is 0 Å². The zero-order chi connectivity index (χ0) is 15.1. The molecule has 0 aromatic heterocycles. The van der Waals surface area contributed by atoms with Gasteiger partial charge in [-0.25, -0.2) is 0 Å². The maximum absolute atomic E-state index is 12.2. The molecule has 5 heteroatoms.